The molecular formula is C15H26N2O4. The number of nitrogens with zero attached hydrogens (tertiary/aromatic N) is 2. The Kier molecular flexibility index (Phi) is 6.65. The summed E-state index contributed by atoms with van der Waals surface area (Å²) in [5, 5.41) is 0. The lowest BCUT2D eigenvalue weighted by Crippen LogP contribution is -2.47. The van der Waals surface area contributed by atoms with Crippen LogP contribution < -0.4 is 0 Å². The third-order valence-corrected chi connectivity index (χ3v) is 3.62. The first kappa shape index (κ1) is 17.5. The molecule has 0 spiro atoms. The number of carbonyl (C=O) groups is 3. The fourth-order valence-corrected chi connectivity index (χ4v) is 2.53. The van der Waals surface area contributed by atoms with Crippen LogP contribution in [0, 0.1) is 11.8 Å². The number of hydrogen-bond acceptors (Lipinski definition) is 4. The topological polar surface area (TPSA) is 66.9 Å². The van der Waals surface area contributed by atoms with Crippen molar-refractivity contribution >= 4 is 17.8 Å². The maximum atomic E-state index is 12.4. The molecular weight excluding hydrogens is 272 g/mol. The molecule has 6 heteroatoms. The molecule has 2 amide bonds. The van der Waals surface area contributed by atoms with E-state index in [2.05, 4.69) is 0 Å². The molecule has 6 nitrogen and oxygen atoms in total. The summed E-state index contributed by atoms with van der Waals surface area (Å²) in [6.07, 6.45) is 1.58. The number of esters is 1. The summed E-state index contributed by atoms with van der Waals surface area (Å²) in [6.45, 7) is 6.88. The Balaban J connectivity index is 2.57. The molecule has 0 aromatic carbocycles. The molecule has 1 aliphatic rings. The Hall–Kier alpha value is -1.59. The molecule has 0 bridgehead atoms. The van der Waals surface area contributed by atoms with Crippen LogP contribution in [-0.2, 0) is 19.1 Å². The van der Waals surface area contributed by atoms with E-state index < -0.39 is 5.97 Å². The Labute approximate surface area is 126 Å². The summed E-state index contributed by atoms with van der Waals surface area (Å²) in [5.74, 6) is -0.693. The number of ether oxygens (including phenoxy) is 1. The van der Waals surface area contributed by atoms with Gasteiger partial charge in [0.1, 0.15) is 6.54 Å². The van der Waals surface area contributed by atoms with Crippen LogP contribution in [0.3, 0.4) is 0 Å². The third-order valence-electron chi connectivity index (χ3n) is 3.62. The van der Waals surface area contributed by atoms with Gasteiger partial charge in [-0.25, -0.2) is 0 Å². The quantitative estimate of drug-likeness (QED) is 0.707. The molecule has 1 heterocycles. The van der Waals surface area contributed by atoms with E-state index in [0.29, 0.717) is 19.7 Å². The number of amides is 2. The van der Waals surface area contributed by atoms with Gasteiger partial charge in [-0.3, -0.25) is 14.4 Å². The van der Waals surface area contributed by atoms with E-state index in [1.807, 2.05) is 13.8 Å². The molecule has 1 unspecified atom stereocenters. The van der Waals surface area contributed by atoms with E-state index in [4.69, 9.17) is 4.74 Å². The van der Waals surface area contributed by atoms with Gasteiger partial charge in [0.2, 0.25) is 11.8 Å². The van der Waals surface area contributed by atoms with Crippen molar-refractivity contribution in [1.29, 1.82) is 0 Å². The van der Waals surface area contributed by atoms with Gasteiger partial charge >= 0.3 is 5.97 Å². The van der Waals surface area contributed by atoms with Gasteiger partial charge in [-0.1, -0.05) is 13.8 Å². The molecule has 1 aliphatic heterocycles. The molecule has 21 heavy (non-hydrogen) atoms. The second kappa shape index (κ2) is 8.00. The first-order valence-electron chi connectivity index (χ1n) is 7.56. The van der Waals surface area contributed by atoms with Crippen LogP contribution >= 0.6 is 0 Å². The smallest absolute Gasteiger partial charge is 0.325 e. The fourth-order valence-electron chi connectivity index (χ4n) is 2.53. The molecule has 0 aromatic heterocycles. The largest absolute Gasteiger partial charge is 0.465 e. The summed E-state index contributed by atoms with van der Waals surface area (Å²) < 4.78 is 4.84. The van der Waals surface area contributed by atoms with Crippen molar-refractivity contribution in [2.24, 2.45) is 11.8 Å². The van der Waals surface area contributed by atoms with E-state index in [0.717, 1.165) is 12.8 Å². The molecule has 120 valence electrons. The lowest BCUT2D eigenvalue weighted by atomic mass is 9.95. The van der Waals surface area contributed by atoms with Crippen molar-refractivity contribution in [3.05, 3.63) is 0 Å². The van der Waals surface area contributed by atoms with Gasteiger partial charge in [-0.15, -0.1) is 0 Å². The average molecular weight is 298 g/mol. The summed E-state index contributed by atoms with van der Waals surface area (Å²) in [6, 6.07) is 0. The zero-order valence-corrected chi connectivity index (χ0v) is 13.4. The average Bonchev–Trinajstić information content (AvgIpc) is 2.45. The normalized spacial score (nSPS) is 18.5. The van der Waals surface area contributed by atoms with E-state index in [9.17, 15) is 14.4 Å². The van der Waals surface area contributed by atoms with E-state index in [1.54, 1.807) is 18.9 Å². The first-order chi connectivity index (χ1) is 9.86. The van der Waals surface area contributed by atoms with Gasteiger partial charge in [-0.05, 0) is 19.8 Å². The number of likely N-dealkylation sites (N-methyl/N-ethyl adjacent to an activating group) is 1. The Bertz CT molecular complexity index is 395. The van der Waals surface area contributed by atoms with E-state index >= 15 is 0 Å². The predicted molar refractivity (Wildman–Crippen MR) is 78.4 cm³/mol. The van der Waals surface area contributed by atoms with Crippen LogP contribution in [0.5, 0.6) is 0 Å². The lowest BCUT2D eigenvalue weighted by molar-refractivity contribution is -0.151. The van der Waals surface area contributed by atoms with Gasteiger partial charge in [-0.2, -0.15) is 0 Å². The molecule has 0 radical (unpaired) electrons. The van der Waals surface area contributed by atoms with Crippen molar-refractivity contribution in [1.82, 2.24) is 9.80 Å². The molecule has 0 saturated carbocycles. The molecule has 1 fully saturated rings. The van der Waals surface area contributed by atoms with Gasteiger partial charge in [0.15, 0.2) is 0 Å². The van der Waals surface area contributed by atoms with Crippen molar-refractivity contribution in [3.8, 4) is 0 Å². The van der Waals surface area contributed by atoms with Crippen LogP contribution in [0.2, 0.25) is 0 Å². The number of likely N-dealkylation sites (tertiary alicyclic amines) is 1. The van der Waals surface area contributed by atoms with Gasteiger partial charge in [0.05, 0.1) is 12.5 Å². The Morgan fingerprint density at radius 2 is 2.00 bits per heavy atom. The molecule has 1 saturated heterocycles. The fraction of sp³-hybridized carbons (Fsp3) is 0.800. The monoisotopic (exact) mass is 298 g/mol. The molecule has 1 atom stereocenters. The summed E-state index contributed by atoms with van der Waals surface area (Å²) >= 11 is 0. The molecule has 1 rings (SSSR count). The zero-order chi connectivity index (χ0) is 16.0. The number of rotatable bonds is 5. The number of carbonyl (C=O) groups excluding carboxylic acids is 3. The summed E-state index contributed by atoms with van der Waals surface area (Å²) in [4.78, 5) is 39.0. The minimum absolute atomic E-state index is 0.0404. The van der Waals surface area contributed by atoms with E-state index in [1.165, 1.54) is 4.90 Å². The van der Waals surface area contributed by atoms with Crippen LogP contribution in [0.15, 0.2) is 0 Å². The van der Waals surface area contributed by atoms with Crippen molar-refractivity contribution in [3.63, 3.8) is 0 Å². The first-order valence-corrected chi connectivity index (χ1v) is 7.56. The van der Waals surface area contributed by atoms with Crippen LogP contribution in [0.1, 0.15) is 33.6 Å². The summed E-state index contributed by atoms with van der Waals surface area (Å²) in [7, 11) is 1.60. The number of piperidine rings is 1. The second-order valence-electron chi connectivity index (χ2n) is 5.78. The lowest BCUT2D eigenvalue weighted by Gasteiger charge is -2.34. The maximum absolute atomic E-state index is 12.4. The Morgan fingerprint density at radius 1 is 1.33 bits per heavy atom. The third kappa shape index (κ3) is 5.02. The predicted octanol–water partition coefficient (Wildman–Crippen LogP) is 0.902. The minimum Gasteiger partial charge on any atom is -0.465 e. The van der Waals surface area contributed by atoms with Crippen LogP contribution in [0.4, 0.5) is 0 Å². The SMILES string of the molecule is CCOC(=O)CN(C)C(=O)C1CCCN(C(=O)C(C)C)C1. The van der Waals surface area contributed by atoms with Crippen molar-refractivity contribution < 1.29 is 19.1 Å². The van der Waals surface area contributed by atoms with Crippen molar-refractivity contribution in [2.75, 3.05) is 33.3 Å². The zero-order valence-electron chi connectivity index (χ0n) is 13.4. The summed E-state index contributed by atoms with van der Waals surface area (Å²) in [5.41, 5.74) is 0. The van der Waals surface area contributed by atoms with Gasteiger partial charge in [0.25, 0.3) is 0 Å². The highest BCUT2D eigenvalue weighted by atomic mass is 16.5. The minimum atomic E-state index is -0.403. The molecule has 0 N–H and O–H groups in total. The number of hydrogen-bond donors (Lipinski definition) is 0. The maximum Gasteiger partial charge on any atom is 0.325 e. The van der Waals surface area contributed by atoms with Crippen LogP contribution in [0.25, 0.3) is 0 Å². The highest BCUT2D eigenvalue weighted by Crippen LogP contribution is 2.20. The van der Waals surface area contributed by atoms with E-state index in [-0.39, 0.29) is 30.2 Å². The standard InChI is InChI=1S/C15H26N2O4/c1-5-21-13(18)10-16(4)15(20)12-7-6-8-17(9-12)14(19)11(2)3/h11-12H,5-10H2,1-4H3. The molecule has 0 aromatic rings. The second-order valence-corrected chi connectivity index (χ2v) is 5.78. The highest BCUT2D eigenvalue weighted by molar-refractivity contribution is 5.85. The van der Waals surface area contributed by atoms with Gasteiger partial charge < -0.3 is 14.5 Å². The van der Waals surface area contributed by atoms with Crippen molar-refractivity contribution in [2.45, 2.75) is 33.6 Å². The Morgan fingerprint density at radius 3 is 2.57 bits per heavy atom. The van der Waals surface area contributed by atoms with Gasteiger partial charge in [0, 0.05) is 26.1 Å². The van der Waals surface area contributed by atoms with Crippen LogP contribution in [-0.4, -0.2) is 60.9 Å². The molecule has 0 aliphatic carbocycles. The highest BCUT2D eigenvalue weighted by Gasteiger charge is 2.31.